The van der Waals surface area contributed by atoms with E-state index in [1.54, 1.807) is 36.2 Å². The van der Waals surface area contributed by atoms with E-state index in [0.717, 1.165) is 6.07 Å². The zero-order valence-corrected chi connectivity index (χ0v) is 24.1. The first-order valence-corrected chi connectivity index (χ1v) is 13.6. The second-order valence-electron chi connectivity index (χ2n) is 9.87. The largest absolute Gasteiger partial charge is 0.476 e. The minimum Gasteiger partial charge on any atom is -0.476 e. The van der Waals surface area contributed by atoms with Crippen molar-refractivity contribution in [2.75, 3.05) is 25.5 Å². The number of nitrogens with zero attached hydrogens (tertiary/aromatic N) is 3. The Morgan fingerprint density at radius 1 is 1.05 bits per heavy atom. The van der Waals surface area contributed by atoms with Gasteiger partial charge in [0.25, 0.3) is 0 Å². The van der Waals surface area contributed by atoms with Gasteiger partial charge in [-0.15, -0.1) is 0 Å². The van der Waals surface area contributed by atoms with Gasteiger partial charge in [0.15, 0.2) is 11.5 Å². The summed E-state index contributed by atoms with van der Waals surface area (Å²) in [7, 11) is 1.75. The highest BCUT2D eigenvalue weighted by molar-refractivity contribution is 6.31. The Balaban J connectivity index is 1.87. The molecule has 0 unspecified atom stereocenters. The molecule has 1 amide bonds. The van der Waals surface area contributed by atoms with Crippen LogP contribution in [-0.4, -0.2) is 51.6 Å². The number of hydrogen-bond acceptors (Lipinski definition) is 4. The number of hydrogen-bond donors (Lipinski definition) is 2. The number of halogens is 4. The molecule has 1 aromatic heterocycles. The molecule has 0 aliphatic carbocycles. The predicted octanol–water partition coefficient (Wildman–Crippen LogP) is 7.41. The molecule has 3 aromatic carbocycles. The third-order valence-electron chi connectivity index (χ3n) is 6.33. The molecular formula is C30H28Cl2F2N4O3. The SMILES string of the molecule is CC(C)CN(C)C(=O)CCNc1ccccc1-c1nc(C(=O)O)c(-c2ccc(F)c(Cl)c2)n1-c1cccc(Cl)c1F. The van der Waals surface area contributed by atoms with E-state index >= 15 is 4.39 Å². The number of aromatic carboxylic acids is 1. The molecule has 214 valence electrons. The van der Waals surface area contributed by atoms with E-state index in [1.807, 2.05) is 13.8 Å². The molecule has 1 heterocycles. The van der Waals surface area contributed by atoms with Crippen LogP contribution in [0.15, 0.2) is 60.7 Å². The summed E-state index contributed by atoms with van der Waals surface area (Å²) in [5, 5.41) is 12.9. The minimum absolute atomic E-state index is 0.0177. The summed E-state index contributed by atoms with van der Waals surface area (Å²) in [6.45, 7) is 4.98. The van der Waals surface area contributed by atoms with Crippen LogP contribution in [0.25, 0.3) is 28.3 Å². The number of amides is 1. The number of nitrogens with one attached hydrogen (secondary N) is 1. The zero-order valence-electron chi connectivity index (χ0n) is 22.6. The van der Waals surface area contributed by atoms with Gasteiger partial charge in [-0.2, -0.15) is 0 Å². The molecule has 41 heavy (non-hydrogen) atoms. The normalized spacial score (nSPS) is 11.1. The van der Waals surface area contributed by atoms with Crippen LogP contribution in [0.1, 0.15) is 30.8 Å². The molecule has 4 rings (SSSR count). The van der Waals surface area contributed by atoms with E-state index in [2.05, 4.69) is 10.3 Å². The van der Waals surface area contributed by atoms with E-state index < -0.39 is 23.3 Å². The van der Waals surface area contributed by atoms with E-state index in [4.69, 9.17) is 23.2 Å². The Morgan fingerprint density at radius 3 is 2.46 bits per heavy atom. The maximum atomic E-state index is 15.5. The lowest BCUT2D eigenvalue weighted by Gasteiger charge is -2.20. The molecule has 4 aromatic rings. The smallest absolute Gasteiger partial charge is 0.356 e. The molecule has 0 aliphatic heterocycles. The lowest BCUT2D eigenvalue weighted by molar-refractivity contribution is -0.130. The van der Waals surface area contributed by atoms with E-state index in [1.165, 1.54) is 34.9 Å². The second kappa shape index (κ2) is 12.7. The summed E-state index contributed by atoms with van der Waals surface area (Å²) in [5.41, 5.74) is 0.704. The Bertz CT molecular complexity index is 1610. The van der Waals surface area contributed by atoms with Crippen molar-refractivity contribution in [1.82, 2.24) is 14.5 Å². The van der Waals surface area contributed by atoms with Gasteiger partial charge in [0.1, 0.15) is 11.6 Å². The molecule has 0 radical (unpaired) electrons. The average Bonchev–Trinajstić information content (AvgIpc) is 3.32. The maximum absolute atomic E-state index is 15.5. The summed E-state index contributed by atoms with van der Waals surface area (Å²) >= 11 is 12.2. The summed E-state index contributed by atoms with van der Waals surface area (Å²) in [6, 6.07) is 15.0. The van der Waals surface area contributed by atoms with Crippen molar-refractivity contribution in [3.8, 4) is 28.3 Å². The van der Waals surface area contributed by atoms with Gasteiger partial charge in [0, 0.05) is 43.4 Å². The van der Waals surface area contributed by atoms with Gasteiger partial charge in [-0.1, -0.05) is 55.2 Å². The van der Waals surface area contributed by atoms with Gasteiger partial charge in [-0.25, -0.2) is 18.6 Å². The number of carboxylic acids is 1. The summed E-state index contributed by atoms with van der Waals surface area (Å²) in [4.78, 5) is 31.1. The fraction of sp³-hybridized carbons (Fsp3) is 0.233. The molecule has 0 bridgehead atoms. The van der Waals surface area contributed by atoms with E-state index in [-0.39, 0.29) is 51.7 Å². The van der Waals surface area contributed by atoms with Crippen molar-refractivity contribution in [2.45, 2.75) is 20.3 Å². The van der Waals surface area contributed by atoms with Gasteiger partial charge in [-0.3, -0.25) is 9.36 Å². The first-order valence-electron chi connectivity index (χ1n) is 12.8. The molecule has 0 atom stereocenters. The number of benzene rings is 3. The number of carboxylic acid groups (broad SMARTS) is 1. The van der Waals surface area contributed by atoms with Crippen molar-refractivity contribution >= 4 is 40.8 Å². The monoisotopic (exact) mass is 600 g/mol. The number of aromatic nitrogens is 2. The van der Waals surface area contributed by atoms with Crippen LogP contribution in [0.5, 0.6) is 0 Å². The van der Waals surface area contributed by atoms with Crippen LogP contribution in [0, 0.1) is 17.6 Å². The highest BCUT2D eigenvalue weighted by Crippen LogP contribution is 2.38. The van der Waals surface area contributed by atoms with Gasteiger partial charge in [0.05, 0.1) is 21.4 Å². The number of imidazole rings is 1. The van der Waals surface area contributed by atoms with Crippen molar-refractivity contribution in [2.24, 2.45) is 5.92 Å². The van der Waals surface area contributed by atoms with Crippen LogP contribution in [-0.2, 0) is 4.79 Å². The lowest BCUT2D eigenvalue weighted by atomic mass is 10.1. The fourth-order valence-electron chi connectivity index (χ4n) is 4.54. The van der Waals surface area contributed by atoms with Crippen LogP contribution < -0.4 is 5.32 Å². The van der Waals surface area contributed by atoms with Gasteiger partial charge >= 0.3 is 5.97 Å². The third kappa shape index (κ3) is 6.52. The predicted molar refractivity (Wildman–Crippen MR) is 157 cm³/mol. The van der Waals surface area contributed by atoms with Crippen molar-refractivity contribution in [3.63, 3.8) is 0 Å². The molecule has 0 saturated carbocycles. The average molecular weight is 601 g/mol. The quantitative estimate of drug-likeness (QED) is 0.198. The Morgan fingerprint density at radius 2 is 1.78 bits per heavy atom. The molecule has 11 heteroatoms. The Hall–Kier alpha value is -3.95. The van der Waals surface area contributed by atoms with Crippen LogP contribution >= 0.6 is 23.2 Å². The first kappa shape index (κ1) is 30.0. The molecule has 0 aliphatic rings. The van der Waals surface area contributed by atoms with Crippen molar-refractivity contribution < 1.29 is 23.5 Å². The Kier molecular flexibility index (Phi) is 9.30. The molecule has 0 saturated heterocycles. The summed E-state index contributed by atoms with van der Waals surface area (Å²) in [6.07, 6.45) is 0.217. The molecule has 2 N–H and O–H groups in total. The molecule has 7 nitrogen and oxygen atoms in total. The van der Waals surface area contributed by atoms with Gasteiger partial charge < -0.3 is 15.3 Å². The van der Waals surface area contributed by atoms with Crippen LogP contribution in [0.2, 0.25) is 10.0 Å². The molecule has 0 spiro atoms. The fourth-order valence-corrected chi connectivity index (χ4v) is 4.89. The number of carbonyl (C=O) groups is 2. The Labute approximate surface area is 246 Å². The van der Waals surface area contributed by atoms with Crippen LogP contribution in [0.4, 0.5) is 14.5 Å². The maximum Gasteiger partial charge on any atom is 0.356 e. The van der Waals surface area contributed by atoms with Gasteiger partial charge in [-0.05, 0) is 48.4 Å². The number of rotatable bonds is 10. The van der Waals surface area contributed by atoms with Crippen molar-refractivity contribution in [1.29, 1.82) is 0 Å². The van der Waals surface area contributed by atoms with Crippen LogP contribution in [0.3, 0.4) is 0 Å². The highest BCUT2D eigenvalue weighted by Gasteiger charge is 2.28. The topological polar surface area (TPSA) is 87.5 Å². The van der Waals surface area contributed by atoms with Crippen molar-refractivity contribution in [3.05, 3.63) is 88.0 Å². The van der Waals surface area contributed by atoms with E-state index in [9.17, 15) is 19.1 Å². The van der Waals surface area contributed by atoms with Gasteiger partial charge in [0.2, 0.25) is 5.91 Å². The van der Waals surface area contributed by atoms with E-state index in [0.29, 0.717) is 23.7 Å². The summed E-state index contributed by atoms with van der Waals surface area (Å²) in [5.74, 6) is -2.50. The summed E-state index contributed by atoms with van der Waals surface area (Å²) < 4.78 is 30.9. The number of carbonyl (C=O) groups excluding carboxylic acids is 1. The first-order chi connectivity index (χ1) is 19.5. The number of anilines is 1. The zero-order chi connectivity index (χ0) is 29.8. The molecule has 0 fully saturated rings. The number of para-hydroxylation sites is 1. The minimum atomic E-state index is -1.38. The molecular weight excluding hydrogens is 573 g/mol. The highest BCUT2D eigenvalue weighted by atomic mass is 35.5. The standard InChI is InChI=1S/C30H28Cl2F2N4O3/c1-17(2)16-37(3)25(39)13-14-35-23-9-5-4-7-19(23)29-36-27(30(40)41)28(18-11-12-22(33)21(32)15-18)38(29)24-10-6-8-20(31)26(24)34/h4-12,15,17,35H,13-14,16H2,1-3H3,(H,40,41). The lowest BCUT2D eigenvalue weighted by Crippen LogP contribution is -2.31. The second-order valence-corrected chi connectivity index (χ2v) is 10.7. The third-order valence-corrected chi connectivity index (χ3v) is 6.91.